The molecular formula is C25H27N7O2. The van der Waals surface area contributed by atoms with Crippen molar-refractivity contribution >= 4 is 23.3 Å². The Morgan fingerprint density at radius 2 is 1.76 bits per heavy atom. The van der Waals surface area contributed by atoms with Crippen molar-refractivity contribution in [2.75, 3.05) is 30.8 Å². The Morgan fingerprint density at radius 3 is 2.53 bits per heavy atom. The standard InChI is InChI=1S/C25H27N7O2/c1-15-20(12-19(13-28-15)29-25(34)18-7-10-32(2)14-18)23-27-9-6-21(30-23)17-5-8-26-22(11-17)31-24(33)16-3-4-16/h5-6,8-9,11-13,16,18H,3-4,7,10,14H2,1-2H3,(H,29,34)(H,26,31,33). The second kappa shape index (κ2) is 9.26. The van der Waals surface area contributed by atoms with Gasteiger partial charge in [-0.3, -0.25) is 14.6 Å². The smallest absolute Gasteiger partial charge is 0.228 e. The number of carbonyl (C=O) groups is 2. The molecule has 9 nitrogen and oxygen atoms in total. The summed E-state index contributed by atoms with van der Waals surface area (Å²) < 4.78 is 0. The van der Waals surface area contributed by atoms with Crippen molar-refractivity contribution in [3.05, 3.63) is 48.5 Å². The molecule has 5 rings (SSSR count). The summed E-state index contributed by atoms with van der Waals surface area (Å²) in [5.74, 6) is 1.13. The lowest BCUT2D eigenvalue weighted by atomic mass is 10.1. The monoisotopic (exact) mass is 457 g/mol. The molecule has 4 heterocycles. The molecule has 3 aromatic rings. The van der Waals surface area contributed by atoms with Crippen LogP contribution in [-0.2, 0) is 9.59 Å². The summed E-state index contributed by atoms with van der Waals surface area (Å²) in [5, 5.41) is 5.87. The maximum atomic E-state index is 12.7. The molecule has 1 aliphatic heterocycles. The molecule has 34 heavy (non-hydrogen) atoms. The maximum Gasteiger partial charge on any atom is 0.228 e. The Kier molecular flexibility index (Phi) is 6.02. The third-order valence-electron chi connectivity index (χ3n) is 6.27. The van der Waals surface area contributed by atoms with Crippen LogP contribution >= 0.6 is 0 Å². The molecular weight excluding hydrogens is 430 g/mol. The molecule has 2 fully saturated rings. The van der Waals surface area contributed by atoms with Gasteiger partial charge in [0.05, 0.1) is 23.5 Å². The maximum absolute atomic E-state index is 12.7. The minimum absolute atomic E-state index is 0.00758. The van der Waals surface area contributed by atoms with Gasteiger partial charge in [0.2, 0.25) is 11.8 Å². The minimum Gasteiger partial charge on any atom is -0.324 e. The zero-order chi connectivity index (χ0) is 23.7. The minimum atomic E-state index is -0.0179. The molecule has 1 unspecified atom stereocenters. The lowest BCUT2D eigenvalue weighted by Gasteiger charge is -2.13. The van der Waals surface area contributed by atoms with Crippen LogP contribution in [0.5, 0.6) is 0 Å². The normalized spacial score (nSPS) is 18.0. The first kappa shape index (κ1) is 22.1. The molecule has 1 aliphatic carbocycles. The van der Waals surface area contributed by atoms with Gasteiger partial charge in [0, 0.05) is 41.7 Å². The Bertz CT molecular complexity index is 1240. The van der Waals surface area contributed by atoms with Gasteiger partial charge < -0.3 is 15.5 Å². The highest BCUT2D eigenvalue weighted by molar-refractivity contribution is 5.94. The molecule has 2 amide bonds. The SMILES string of the molecule is Cc1ncc(NC(=O)C2CCN(C)C2)cc1-c1nccc(-c2ccnc(NC(=O)C3CC3)c2)n1. The Hall–Kier alpha value is -3.72. The second-order valence-corrected chi connectivity index (χ2v) is 9.05. The molecule has 1 saturated heterocycles. The van der Waals surface area contributed by atoms with Crippen LogP contribution in [0.1, 0.15) is 25.0 Å². The first-order chi connectivity index (χ1) is 16.5. The summed E-state index contributed by atoms with van der Waals surface area (Å²) in [4.78, 5) is 44.8. The van der Waals surface area contributed by atoms with Crippen LogP contribution < -0.4 is 10.6 Å². The van der Waals surface area contributed by atoms with E-state index in [0.29, 0.717) is 23.0 Å². The van der Waals surface area contributed by atoms with Gasteiger partial charge in [-0.1, -0.05) is 0 Å². The number of amides is 2. The molecule has 0 spiro atoms. The van der Waals surface area contributed by atoms with Crippen LogP contribution in [-0.4, -0.2) is 56.8 Å². The molecule has 0 aromatic carbocycles. The van der Waals surface area contributed by atoms with E-state index in [1.807, 2.05) is 38.2 Å². The number of hydrogen-bond donors (Lipinski definition) is 2. The van der Waals surface area contributed by atoms with Crippen molar-refractivity contribution in [1.82, 2.24) is 24.8 Å². The highest BCUT2D eigenvalue weighted by atomic mass is 16.2. The first-order valence-corrected chi connectivity index (χ1v) is 11.5. The number of hydrogen-bond acceptors (Lipinski definition) is 7. The van der Waals surface area contributed by atoms with E-state index in [2.05, 4.69) is 30.5 Å². The molecule has 1 saturated carbocycles. The van der Waals surface area contributed by atoms with Gasteiger partial charge in [-0.2, -0.15) is 0 Å². The van der Waals surface area contributed by atoms with Gasteiger partial charge in [0.1, 0.15) is 5.82 Å². The lowest BCUT2D eigenvalue weighted by Crippen LogP contribution is -2.25. The average Bonchev–Trinajstić information content (AvgIpc) is 3.61. The van der Waals surface area contributed by atoms with E-state index in [9.17, 15) is 9.59 Å². The summed E-state index contributed by atoms with van der Waals surface area (Å²) >= 11 is 0. The highest BCUT2D eigenvalue weighted by Gasteiger charge is 2.30. The fourth-order valence-corrected chi connectivity index (χ4v) is 4.10. The highest BCUT2D eigenvalue weighted by Crippen LogP contribution is 2.30. The number of nitrogens with zero attached hydrogens (tertiary/aromatic N) is 5. The van der Waals surface area contributed by atoms with E-state index in [0.717, 1.165) is 49.2 Å². The van der Waals surface area contributed by atoms with Crippen LogP contribution in [0.15, 0.2) is 42.9 Å². The summed E-state index contributed by atoms with van der Waals surface area (Å²) in [6.45, 7) is 3.58. The van der Waals surface area contributed by atoms with Crippen molar-refractivity contribution in [3.8, 4) is 22.6 Å². The second-order valence-electron chi connectivity index (χ2n) is 9.05. The summed E-state index contributed by atoms with van der Waals surface area (Å²) in [7, 11) is 2.02. The average molecular weight is 458 g/mol. The van der Waals surface area contributed by atoms with Crippen LogP contribution in [0.2, 0.25) is 0 Å². The van der Waals surface area contributed by atoms with Crippen molar-refractivity contribution in [2.24, 2.45) is 11.8 Å². The number of aryl methyl sites for hydroxylation is 1. The molecule has 0 bridgehead atoms. The largest absolute Gasteiger partial charge is 0.324 e. The molecule has 9 heteroatoms. The van der Waals surface area contributed by atoms with E-state index in [1.54, 1.807) is 18.6 Å². The van der Waals surface area contributed by atoms with Gasteiger partial charge in [-0.05, 0) is 64.0 Å². The predicted octanol–water partition coefficient (Wildman–Crippen LogP) is 3.15. The Balaban J connectivity index is 1.37. The van der Waals surface area contributed by atoms with Gasteiger partial charge in [0.15, 0.2) is 5.82 Å². The van der Waals surface area contributed by atoms with Gasteiger partial charge >= 0.3 is 0 Å². The number of anilines is 2. The van der Waals surface area contributed by atoms with Crippen LogP contribution in [0.3, 0.4) is 0 Å². The quantitative estimate of drug-likeness (QED) is 0.585. The first-order valence-electron chi connectivity index (χ1n) is 11.5. The van der Waals surface area contributed by atoms with E-state index in [1.165, 1.54) is 0 Å². The third-order valence-corrected chi connectivity index (χ3v) is 6.27. The summed E-state index contributed by atoms with van der Waals surface area (Å²) in [6, 6.07) is 7.34. The van der Waals surface area contributed by atoms with E-state index >= 15 is 0 Å². The number of nitrogens with one attached hydrogen (secondary N) is 2. The molecule has 3 aromatic heterocycles. The van der Waals surface area contributed by atoms with Crippen molar-refractivity contribution in [2.45, 2.75) is 26.2 Å². The van der Waals surface area contributed by atoms with Gasteiger partial charge in [-0.25, -0.2) is 15.0 Å². The molecule has 174 valence electrons. The number of carbonyl (C=O) groups excluding carboxylic acids is 2. The van der Waals surface area contributed by atoms with Gasteiger partial charge in [-0.15, -0.1) is 0 Å². The fourth-order valence-electron chi connectivity index (χ4n) is 4.10. The zero-order valence-corrected chi connectivity index (χ0v) is 19.3. The summed E-state index contributed by atoms with van der Waals surface area (Å²) in [5.41, 5.74) is 3.67. The van der Waals surface area contributed by atoms with E-state index in [4.69, 9.17) is 4.98 Å². The van der Waals surface area contributed by atoms with Crippen LogP contribution in [0.25, 0.3) is 22.6 Å². The Labute approximate surface area is 198 Å². The van der Waals surface area contributed by atoms with E-state index in [-0.39, 0.29) is 23.7 Å². The zero-order valence-electron chi connectivity index (χ0n) is 19.3. The molecule has 2 N–H and O–H groups in total. The fraction of sp³-hybridized carbons (Fsp3) is 0.360. The van der Waals surface area contributed by atoms with Crippen LogP contribution in [0.4, 0.5) is 11.5 Å². The van der Waals surface area contributed by atoms with Crippen molar-refractivity contribution in [1.29, 1.82) is 0 Å². The molecule has 1 atom stereocenters. The summed E-state index contributed by atoms with van der Waals surface area (Å²) in [6.07, 6.45) is 7.74. The van der Waals surface area contributed by atoms with Crippen LogP contribution in [0, 0.1) is 18.8 Å². The van der Waals surface area contributed by atoms with Crippen molar-refractivity contribution in [3.63, 3.8) is 0 Å². The van der Waals surface area contributed by atoms with Gasteiger partial charge in [0.25, 0.3) is 0 Å². The molecule has 2 aliphatic rings. The number of aromatic nitrogens is 4. The topological polar surface area (TPSA) is 113 Å². The van der Waals surface area contributed by atoms with E-state index < -0.39 is 0 Å². The lowest BCUT2D eigenvalue weighted by molar-refractivity contribution is -0.119. The predicted molar refractivity (Wildman–Crippen MR) is 129 cm³/mol. The number of likely N-dealkylation sites (tertiary alicyclic amines) is 1. The number of pyridine rings is 2. The third kappa shape index (κ3) is 4.94. The molecule has 0 radical (unpaired) electrons. The van der Waals surface area contributed by atoms with Crippen molar-refractivity contribution < 1.29 is 9.59 Å². The Morgan fingerprint density at radius 1 is 0.971 bits per heavy atom. The number of rotatable bonds is 6.